The van der Waals surface area contributed by atoms with Gasteiger partial charge in [-0.25, -0.2) is 4.68 Å². The van der Waals surface area contributed by atoms with Crippen LogP contribution in [0.25, 0.3) is 5.69 Å². The van der Waals surface area contributed by atoms with Gasteiger partial charge < -0.3 is 19.7 Å². The molecule has 8 heteroatoms. The number of rotatable bonds is 4. The maximum absolute atomic E-state index is 5.97. The van der Waals surface area contributed by atoms with E-state index in [1.165, 1.54) is 5.56 Å². The van der Waals surface area contributed by atoms with Crippen molar-refractivity contribution in [3.8, 4) is 5.69 Å². The number of hydrogen-bond donors (Lipinski definition) is 1. The highest BCUT2D eigenvalue weighted by atomic mass is 127. The molecule has 0 aliphatic carbocycles. The third-order valence-electron chi connectivity index (χ3n) is 5.38. The molecule has 2 aromatic rings. The molecular weight excluding hydrogens is 481 g/mol. The Morgan fingerprint density at radius 2 is 2.03 bits per heavy atom. The smallest absolute Gasteiger partial charge is 0.194 e. The number of aryl methyl sites for hydroxylation is 1. The van der Waals surface area contributed by atoms with Crippen LogP contribution in [-0.2, 0) is 16.0 Å². The number of benzene rings is 1. The van der Waals surface area contributed by atoms with E-state index in [-0.39, 0.29) is 36.2 Å². The molecule has 2 unspecified atom stereocenters. The molecule has 1 N–H and O–H groups in total. The summed E-state index contributed by atoms with van der Waals surface area (Å²) >= 11 is 0. The van der Waals surface area contributed by atoms with E-state index in [4.69, 9.17) is 9.47 Å². The maximum atomic E-state index is 5.97. The molecule has 0 radical (unpaired) electrons. The molecule has 0 spiro atoms. The van der Waals surface area contributed by atoms with Crippen LogP contribution in [0.2, 0.25) is 0 Å². The van der Waals surface area contributed by atoms with Gasteiger partial charge in [-0.1, -0.05) is 18.2 Å². The highest BCUT2D eigenvalue weighted by molar-refractivity contribution is 14.0. The number of aliphatic imine (C=N–C) groups is 1. The lowest BCUT2D eigenvalue weighted by molar-refractivity contribution is -0.0817. The molecule has 7 nitrogen and oxygen atoms in total. The standard InChI is InChI=1S/C21H29N5O2.HI/c1-16-9-10-26(24-16)18-7-4-3-6-17(18)14-23-21(22-2)25-11-13-28-20(15-25)19-8-5-12-27-19;/h3-4,6-7,9-10,19-20H,5,8,11-15H2,1-2H3,(H,22,23);1H. The summed E-state index contributed by atoms with van der Waals surface area (Å²) in [4.78, 5) is 6.78. The van der Waals surface area contributed by atoms with Gasteiger partial charge in [-0.15, -0.1) is 24.0 Å². The summed E-state index contributed by atoms with van der Waals surface area (Å²) in [7, 11) is 1.83. The Labute approximate surface area is 189 Å². The first-order chi connectivity index (χ1) is 13.7. The molecule has 1 aromatic heterocycles. The van der Waals surface area contributed by atoms with Gasteiger partial charge in [-0.2, -0.15) is 5.10 Å². The van der Waals surface area contributed by atoms with Crippen molar-refractivity contribution < 1.29 is 9.47 Å². The fourth-order valence-electron chi connectivity index (χ4n) is 3.93. The quantitative estimate of drug-likeness (QED) is 0.389. The number of morpholine rings is 1. The minimum absolute atomic E-state index is 0. The Bertz CT molecular complexity index is 819. The van der Waals surface area contributed by atoms with E-state index in [9.17, 15) is 0 Å². The molecule has 3 heterocycles. The third-order valence-corrected chi connectivity index (χ3v) is 5.38. The number of halogens is 1. The predicted molar refractivity (Wildman–Crippen MR) is 124 cm³/mol. The fraction of sp³-hybridized carbons (Fsp3) is 0.524. The number of hydrogen-bond acceptors (Lipinski definition) is 4. The Kier molecular flexibility index (Phi) is 7.91. The molecule has 2 aliphatic heterocycles. The van der Waals surface area contributed by atoms with Crippen LogP contribution < -0.4 is 5.32 Å². The average molecular weight is 511 g/mol. The molecular formula is C21H30IN5O2. The van der Waals surface area contributed by atoms with Gasteiger partial charge in [0.2, 0.25) is 0 Å². The zero-order chi connectivity index (χ0) is 19.3. The van der Waals surface area contributed by atoms with E-state index in [2.05, 4.69) is 38.5 Å². The Morgan fingerprint density at radius 1 is 1.21 bits per heavy atom. The average Bonchev–Trinajstić information content (AvgIpc) is 3.41. The van der Waals surface area contributed by atoms with Gasteiger partial charge in [0.05, 0.1) is 24.1 Å². The Balaban J connectivity index is 0.00000240. The fourth-order valence-corrected chi connectivity index (χ4v) is 3.93. The largest absolute Gasteiger partial charge is 0.375 e. The molecule has 158 valence electrons. The second-order valence-corrected chi connectivity index (χ2v) is 7.34. The molecule has 0 bridgehead atoms. The van der Waals surface area contributed by atoms with Gasteiger partial charge in [0.25, 0.3) is 0 Å². The first-order valence-corrected chi connectivity index (χ1v) is 10.0. The van der Waals surface area contributed by atoms with Crippen LogP contribution in [0.4, 0.5) is 0 Å². The Hall–Kier alpha value is -1.65. The molecule has 2 fully saturated rings. The van der Waals surface area contributed by atoms with Gasteiger partial charge in [0.1, 0.15) is 6.10 Å². The molecule has 4 rings (SSSR count). The number of aromatic nitrogens is 2. The first kappa shape index (κ1) is 22.0. The number of para-hydroxylation sites is 1. The third kappa shape index (κ3) is 5.29. The van der Waals surface area contributed by atoms with Crippen molar-refractivity contribution in [2.24, 2.45) is 4.99 Å². The van der Waals surface area contributed by atoms with Crippen molar-refractivity contribution >= 4 is 29.9 Å². The first-order valence-electron chi connectivity index (χ1n) is 10.0. The minimum Gasteiger partial charge on any atom is -0.375 e. The van der Waals surface area contributed by atoms with E-state index >= 15 is 0 Å². The van der Waals surface area contributed by atoms with Crippen LogP contribution in [0.15, 0.2) is 41.5 Å². The zero-order valence-electron chi connectivity index (χ0n) is 17.1. The normalized spacial score (nSPS) is 22.4. The van der Waals surface area contributed by atoms with Crippen molar-refractivity contribution in [1.29, 1.82) is 0 Å². The van der Waals surface area contributed by atoms with Crippen molar-refractivity contribution in [2.75, 3.05) is 33.4 Å². The van der Waals surface area contributed by atoms with E-state index in [1.54, 1.807) is 0 Å². The number of guanidine groups is 1. The highest BCUT2D eigenvalue weighted by Crippen LogP contribution is 2.21. The van der Waals surface area contributed by atoms with Gasteiger partial charge in [-0.3, -0.25) is 4.99 Å². The van der Waals surface area contributed by atoms with Crippen LogP contribution in [0, 0.1) is 6.92 Å². The molecule has 0 amide bonds. The number of ether oxygens (including phenoxy) is 2. The lowest BCUT2D eigenvalue weighted by atomic mass is 10.1. The lowest BCUT2D eigenvalue weighted by Crippen LogP contribution is -2.53. The molecule has 29 heavy (non-hydrogen) atoms. The van der Waals surface area contributed by atoms with Crippen LogP contribution in [0.3, 0.4) is 0 Å². The molecule has 2 aliphatic rings. The minimum atomic E-state index is 0. The number of nitrogens with zero attached hydrogens (tertiary/aromatic N) is 4. The molecule has 0 saturated carbocycles. The van der Waals surface area contributed by atoms with E-state index < -0.39 is 0 Å². The maximum Gasteiger partial charge on any atom is 0.194 e. The second kappa shape index (κ2) is 10.4. The lowest BCUT2D eigenvalue weighted by Gasteiger charge is -2.37. The summed E-state index contributed by atoms with van der Waals surface area (Å²) in [5, 5.41) is 8.07. The summed E-state index contributed by atoms with van der Waals surface area (Å²) in [6.45, 7) is 5.88. The van der Waals surface area contributed by atoms with E-state index in [0.717, 1.165) is 49.9 Å². The Morgan fingerprint density at radius 3 is 2.76 bits per heavy atom. The van der Waals surface area contributed by atoms with E-state index in [1.807, 2.05) is 37.0 Å². The van der Waals surface area contributed by atoms with Crippen LogP contribution in [-0.4, -0.2) is 66.2 Å². The highest BCUT2D eigenvalue weighted by Gasteiger charge is 2.32. The molecule has 2 saturated heterocycles. The summed E-state index contributed by atoms with van der Waals surface area (Å²) in [6.07, 6.45) is 4.54. The van der Waals surface area contributed by atoms with Crippen molar-refractivity contribution in [3.63, 3.8) is 0 Å². The van der Waals surface area contributed by atoms with Crippen molar-refractivity contribution in [3.05, 3.63) is 47.8 Å². The van der Waals surface area contributed by atoms with Crippen LogP contribution in [0.1, 0.15) is 24.1 Å². The van der Waals surface area contributed by atoms with Gasteiger partial charge in [0.15, 0.2) is 5.96 Å². The topological polar surface area (TPSA) is 63.9 Å². The molecule has 2 atom stereocenters. The zero-order valence-corrected chi connectivity index (χ0v) is 19.4. The van der Waals surface area contributed by atoms with Gasteiger partial charge >= 0.3 is 0 Å². The summed E-state index contributed by atoms with van der Waals surface area (Å²) in [5.41, 5.74) is 3.26. The van der Waals surface area contributed by atoms with E-state index in [0.29, 0.717) is 13.2 Å². The predicted octanol–water partition coefficient (Wildman–Crippen LogP) is 2.75. The number of nitrogens with one attached hydrogen (secondary N) is 1. The summed E-state index contributed by atoms with van der Waals surface area (Å²) < 4.78 is 13.7. The summed E-state index contributed by atoms with van der Waals surface area (Å²) in [5.74, 6) is 0.901. The van der Waals surface area contributed by atoms with Crippen LogP contribution >= 0.6 is 24.0 Å². The van der Waals surface area contributed by atoms with Gasteiger partial charge in [-0.05, 0) is 37.5 Å². The SMILES string of the molecule is CN=C(NCc1ccccc1-n1ccc(C)n1)N1CCOC(C2CCCO2)C1.I. The second-order valence-electron chi connectivity index (χ2n) is 7.34. The monoisotopic (exact) mass is 511 g/mol. The van der Waals surface area contributed by atoms with Gasteiger partial charge in [0, 0.05) is 39.5 Å². The molecule has 1 aromatic carbocycles. The van der Waals surface area contributed by atoms with Crippen LogP contribution in [0.5, 0.6) is 0 Å². The van der Waals surface area contributed by atoms with Crippen molar-refractivity contribution in [1.82, 2.24) is 20.0 Å². The summed E-state index contributed by atoms with van der Waals surface area (Å²) in [6, 6.07) is 10.3. The van der Waals surface area contributed by atoms with Crippen molar-refractivity contribution in [2.45, 2.75) is 38.5 Å².